The summed E-state index contributed by atoms with van der Waals surface area (Å²) in [4.78, 5) is 30.9. The van der Waals surface area contributed by atoms with Crippen LogP contribution >= 0.6 is 7.82 Å². The van der Waals surface area contributed by atoms with Crippen molar-refractivity contribution in [1.29, 1.82) is 0 Å². The maximum atomic E-state index is 10.8. The van der Waals surface area contributed by atoms with Crippen molar-refractivity contribution in [3.63, 3.8) is 0 Å². The standard InChI is InChI=1S/C7H15O10P.2Li/c8-1-3(9)5(11)7(13)6(12)4(10)2-17-18(14,15)16;;/h4-8,10-13H,1-2H2,(H2,14,15,16);;/q;2*+1/p-2. The molecule has 0 heterocycles. The van der Waals surface area contributed by atoms with Crippen LogP contribution in [-0.4, -0.2) is 68.9 Å². The smallest absolute Gasteiger partial charge is 0.790 e. The summed E-state index contributed by atoms with van der Waals surface area (Å²) in [5, 5.41) is 45.0. The van der Waals surface area contributed by atoms with Crippen LogP contribution < -0.4 is 47.5 Å². The number of aliphatic hydroxyl groups excluding tert-OH is 5. The number of hydrogen-bond donors (Lipinski definition) is 5. The molecule has 0 rings (SSSR count). The van der Waals surface area contributed by atoms with Gasteiger partial charge in [-0.2, -0.15) is 0 Å². The Balaban J connectivity index is -0.00000144. The van der Waals surface area contributed by atoms with Gasteiger partial charge in [-0.1, -0.05) is 0 Å². The summed E-state index contributed by atoms with van der Waals surface area (Å²) in [6.07, 6.45) is -8.54. The first-order chi connectivity index (χ1) is 8.10. The Hall–Kier alpha value is 0.775. The second-order valence-corrected chi connectivity index (χ2v) is 4.51. The van der Waals surface area contributed by atoms with Gasteiger partial charge in [0.25, 0.3) is 0 Å². The molecule has 20 heavy (non-hydrogen) atoms. The molecule has 108 valence electrons. The van der Waals surface area contributed by atoms with Gasteiger partial charge in [0.2, 0.25) is 0 Å². The van der Waals surface area contributed by atoms with Crippen LogP contribution in [0.5, 0.6) is 0 Å². The predicted molar refractivity (Wildman–Crippen MR) is 49.7 cm³/mol. The fraction of sp³-hybridized carbons (Fsp3) is 0.857. The van der Waals surface area contributed by atoms with Gasteiger partial charge in [-0.25, -0.2) is 0 Å². The van der Waals surface area contributed by atoms with Gasteiger partial charge >= 0.3 is 37.7 Å². The molecule has 0 aromatic heterocycles. The third-order valence-corrected chi connectivity index (χ3v) is 2.42. The largest absolute Gasteiger partial charge is 1.00 e. The Kier molecular flexibility index (Phi) is 14.6. The number of aliphatic hydroxyl groups is 5. The molecule has 4 unspecified atom stereocenters. The zero-order chi connectivity index (χ0) is 14.5. The Morgan fingerprint density at radius 1 is 1.10 bits per heavy atom. The van der Waals surface area contributed by atoms with Gasteiger partial charge in [0.15, 0.2) is 5.78 Å². The van der Waals surface area contributed by atoms with Crippen LogP contribution in [0.2, 0.25) is 0 Å². The molecule has 5 N–H and O–H groups in total. The van der Waals surface area contributed by atoms with E-state index in [0.29, 0.717) is 0 Å². The molecule has 10 nitrogen and oxygen atoms in total. The number of carbonyl (C=O) groups excluding carboxylic acids is 1. The molecular weight excluding hydrogens is 289 g/mol. The van der Waals surface area contributed by atoms with E-state index in [2.05, 4.69) is 4.52 Å². The molecule has 0 aromatic rings. The van der Waals surface area contributed by atoms with E-state index in [1.807, 2.05) is 0 Å². The molecule has 0 radical (unpaired) electrons. The van der Waals surface area contributed by atoms with E-state index in [1.165, 1.54) is 0 Å². The van der Waals surface area contributed by atoms with Crippen LogP contribution in [0.1, 0.15) is 0 Å². The van der Waals surface area contributed by atoms with E-state index in [-0.39, 0.29) is 37.7 Å². The van der Waals surface area contributed by atoms with Crippen molar-refractivity contribution in [2.45, 2.75) is 24.4 Å². The average Bonchev–Trinajstić information content (AvgIpc) is 2.31. The number of phosphoric acid groups is 1. The molecule has 0 saturated carbocycles. The van der Waals surface area contributed by atoms with Crippen molar-refractivity contribution < 1.29 is 86.9 Å². The summed E-state index contributed by atoms with van der Waals surface area (Å²) < 4.78 is 13.7. The van der Waals surface area contributed by atoms with Crippen LogP contribution in [0.25, 0.3) is 0 Å². The monoisotopic (exact) mass is 302 g/mol. The number of carbonyl (C=O) groups is 1. The third-order valence-electron chi connectivity index (χ3n) is 1.96. The van der Waals surface area contributed by atoms with Crippen molar-refractivity contribution in [2.75, 3.05) is 13.2 Å². The molecule has 4 atom stereocenters. The zero-order valence-electron chi connectivity index (χ0n) is 10.9. The van der Waals surface area contributed by atoms with Crippen molar-refractivity contribution in [2.24, 2.45) is 0 Å². The van der Waals surface area contributed by atoms with Gasteiger partial charge in [0, 0.05) is 0 Å². The maximum Gasteiger partial charge on any atom is 1.00 e. The summed E-state index contributed by atoms with van der Waals surface area (Å²) in [6.45, 7) is -2.25. The zero-order valence-corrected chi connectivity index (χ0v) is 11.8. The summed E-state index contributed by atoms with van der Waals surface area (Å²) in [7, 11) is -5.36. The number of Topliss-reactive ketones (excluding diaryl/α,β-unsaturated/α-hetero) is 1. The fourth-order valence-electron chi connectivity index (χ4n) is 0.965. The SMILES string of the molecule is O=C(CO)C(O)C(O)C(O)C(O)COP(=O)([O-])[O-].[Li+].[Li+]. The van der Waals surface area contributed by atoms with Crippen molar-refractivity contribution in [3.8, 4) is 0 Å². The van der Waals surface area contributed by atoms with E-state index < -0.39 is 51.2 Å². The van der Waals surface area contributed by atoms with Gasteiger partial charge in [-0.3, -0.25) is 4.79 Å². The molecule has 0 fully saturated rings. The summed E-state index contributed by atoms with van der Waals surface area (Å²) in [5.41, 5.74) is 0. The van der Waals surface area contributed by atoms with Gasteiger partial charge < -0.3 is 44.4 Å². The van der Waals surface area contributed by atoms with Gasteiger partial charge in [0.1, 0.15) is 31.0 Å². The number of phosphoric ester groups is 1. The molecule has 0 aromatic carbocycles. The molecular formula is C7H13Li2O10P. The van der Waals surface area contributed by atoms with Crippen LogP contribution in [0, 0.1) is 0 Å². The molecule has 0 amide bonds. The minimum Gasteiger partial charge on any atom is -0.790 e. The molecule has 0 aliphatic heterocycles. The Labute approximate surface area is 138 Å². The van der Waals surface area contributed by atoms with E-state index in [4.69, 9.17) is 15.3 Å². The third kappa shape index (κ3) is 9.66. The summed E-state index contributed by atoms with van der Waals surface area (Å²) in [6, 6.07) is 0. The number of ketones is 1. The van der Waals surface area contributed by atoms with E-state index >= 15 is 0 Å². The number of rotatable bonds is 8. The predicted octanol–water partition coefficient (Wildman–Crippen LogP) is -11.2. The van der Waals surface area contributed by atoms with Crippen molar-refractivity contribution >= 4 is 13.6 Å². The second-order valence-electron chi connectivity index (χ2n) is 3.36. The Bertz CT molecular complexity index is 323. The van der Waals surface area contributed by atoms with E-state index in [1.54, 1.807) is 0 Å². The topological polar surface area (TPSA) is 191 Å². The van der Waals surface area contributed by atoms with Crippen molar-refractivity contribution in [1.82, 2.24) is 0 Å². The van der Waals surface area contributed by atoms with Gasteiger partial charge in [-0.15, -0.1) is 0 Å². The molecule has 0 saturated heterocycles. The first kappa shape index (κ1) is 25.7. The van der Waals surface area contributed by atoms with Gasteiger partial charge in [-0.05, 0) is 0 Å². The summed E-state index contributed by atoms with van der Waals surface area (Å²) >= 11 is 0. The van der Waals surface area contributed by atoms with Gasteiger partial charge in [0.05, 0.1) is 14.4 Å². The van der Waals surface area contributed by atoms with E-state index in [9.17, 15) is 29.4 Å². The molecule has 0 spiro atoms. The summed E-state index contributed by atoms with van der Waals surface area (Å²) in [5.74, 6) is -1.21. The Morgan fingerprint density at radius 3 is 1.90 bits per heavy atom. The first-order valence-corrected chi connectivity index (χ1v) is 6.08. The van der Waals surface area contributed by atoms with Crippen LogP contribution in [0.3, 0.4) is 0 Å². The molecule has 0 aliphatic carbocycles. The average molecular weight is 302 g/mol. The minimum atomic E-state index is -5.36. The quantitative estimate of drug-likeness (QED) is 0.212. The molecule has 0 bridgehead atoms. The maximum absolute atomic E-state index is 10.8. The van der Waals surface area contributed by atoms with Crippen LogP contribution in [0.4, 0.5) is 0 Å². The number of hydrogen-bond acceptors (Lipinski definition) is 10. The minimum absolute atomic E-state index is 0. The normalized spacial score (nSPS) is 17.1. The second kappa shape index (κ2) is 11.4. The van der Waals surface area contributed by atoms with Crippen LogP contribution in [0.15, 0.2) is 0 Å². The molecule has 13 heteroatoms. The van der Waals surface area contributed by atoms with Crippen molar-refractivity contribution in [3.05, 3.63) is 0 Å². The Morgan fingerprint density at radius 2 is 1.55 bits per heavy atom. The van der Waals surface area contributed by atoms with Crippen LogP contribution in [-0.2, 0) is 13.9 Å². The fourth-order valence-corrected chi connectivity index (χ4v) is 1.30. The molecule has 0 aliphatic rings. The first-order valence-electron chi connectivity index (χ1n) is 4.62. The van der Waals surface area contributed by atoms with E-state index in [0.717, 1.165) is 0 Å².